The molecule has 1 atom stereocenters. The van der Waals surface area contributed by atoms with Crippen LogP contribution in [0.25, 0.3) is 22.2 Å². The number of amides is 1. The molecule has 196 valence electrons. The van der Waals surface area contributed by atoms with E-state index >= 15 is 0 Å². The monoisotopic (exact) mass is 590 g/mol. The quantitative estimate of drug-likeness (QED) is 0.273. The zero-order chi connectivity index (χ0) is 27.6. The minimum absolute atomic E-state index is 0.0201. The van der Waals surface area contributed by atoms with Gasteiger partial charge in [0.2, 0.25) is 0 Å². The van der Waals surface area contributed by atoms with Crippen molar-refractivity contribution < 1.29 is 22.7 Å². The Morgan fingerprint density at radius 1 is 0.947 bits per heavy atom. The zero-order valence-corrected chi connectivity index (χ0v) is 23.3. The summed E-state index contributed by atoms with van der Waals surface area (Å²) in [5.74, 6) is -1.29. The summed E-state index contributed by atoms with van der Waals surface area (Å²) in [5.41, 5.74) is 2.73. The maximum Gasteiger partial charge on any atom is 0.328 e. The Labute approximate surface area is 234 Å². The van der Waals surface area contributed by atoms with Crippen molar-refractivity contribution in [1.29, 1.82) is 0 Å². The number of halogens is 3. The number of ether oxygens (including phenoxy) is 1. The van der Waals surface area contributed by atoms with Gasteiger partial charge in [-0.25, -0.2) is 18.2 Å². The topological polar surface area (TPSA) is 102 Å². The predicted molar refractivity (Wildman–Crippen MR) is 149 cm³/mol. The van der Waals surface area contributed by atoms with Crippen LogP contribution in [0, 0.1) is 0 Å². The van der Waals surface area contributed by atoms with Gasteiger partial charge < -0.3 is 10.1 Å². The number of pyridine rings is 1. The first kappa shape index (κ1) is 27.9. The number of nitrogens with zero attached hydrogens (tertiary/aromatic N) is 1. The van der Waals surface area contributed by atoms with Gasteiger partial charge in [-0.15, -0.1) is 0 Å². The Balaban J connectivity index is 1.58. The van der Waals surface area contributed by atoms with Gasteiger partial charge in [0, 0.05) is 23.6 Å². The third kappa shape index (κ3) is 6.10. The van der Waals surface area contributed by atoms with Crippen LogP contribution in [0.15, 0.2) is 71.6 Å². The molecule has 1 N–H and O–H groups in total. The van der Waals surface area contributed by atoms with Crippen molar-refractivity contribution >= 4 is 67.4 Å². The number of sulfone groups is 1. The van der Waals surface area contributed by atoms with Gasteiger partial charge in [-0.05, 0) is 54.1 Å². The second kappa shape index (κ2) is 11.3. The van der Waals surface area contributed by atoms with Gasteiger partial charge in [-0.1, -0.05) is 53.0 Å². The predicted octanol–water partition coefficient (Wildman–Crippen LogP) is 5.78. The molecule has 0 bridgehead atoms. The Hall–Kier alpha value is -3.17. The van der Waals surface area contributed by atoms with Crippen molar-refractivity contribution in [3.63, 3.8) is 0 Å². The smallest absolute Gasteiger partial charge is 0.328 e. The van der Waals surface area contributed by atoms with Gasteiger partial charge >= 0.3 is 5.97 Å². The highest BCUT2D eigenvalue weighted by molar-refractivity contribution is 7.90. The van der Waals surface area contributed by atoms with Gasteiger partial charge in [-0.3, -0.25) is 4.79 Å². The van der Waals surface area contributed by atoms with E-state index in [0.717, 1.165) is 17.2 Å². The molecule has 0 radical (unpaired) electrons. The Morgan fingerprint density at radius 3 is 2.29 bits per heavy atom. The van der Waals surface area contributed by atoms with Crippen molar-refractivity contribution in [2.45, 2.75) is 17.4 Å². The van der Waals surface area contributed by atoms with Crippen LogP contribution < -0.4 is 5.32 Å². The molecular formula is C27H21Cl3N2O5S. The van der Waals surface area contributed by atoms with E-state index in [4.69, 9.17) is 39.5 Å². The van der Waals surface area contributed by atoms with Crippen LogP contribution in [-0.2, 0) is 25.8 Å². The maximum atomic E-state index is 12.9. The lowest BCUT2D eigenvalue weighted by Gasteiger charge is -2.18. The number of fused-ring (bicyclic) bond motifs is 1. The van der Waals surface area contributed by atoms with Gasteiger partial charge in [-0.2, -0.15) is 0 Å². The molecule has 0 fully saturated rings. The molecule has 1 amide bonds. The van der Waals surface area contributed by atoms with E-state index < -0.39 is 27.8 Å². The SMILES string of the molecule is COC(=O)[C@H](Cc1ccc2nc(-c3c(Cl)cccc3Cl)ccc2c1)NC(=O)c1ccc(S(C)(=O)=O)cc1Cl. The molecule has 1 aromatic heterocycles. The minimum atomic E-state index is -3.50. The maximum absolute atomic E-state index is 12.9. The number of carbonyl (C=O) groups is 2. The molecule has 0 aliphatic heterocycles. The van der Waals surface area contributed by atoms with Crippen LogP contribution in [-0.4, -0.2) is 44.7 Å². The molecule has 0 aliphatic carbocycles. The molecule has 3 aromatic carbocycles. The van der Waals surface area contributed by atoms with Gasteiger partial charge in [0.25, 0.3) is 5.91 Å². The van der Waals surface area contributed by atoms with Crippen molar-refractivity contribution in [2.75, 3.05) is 13.4 Å². The number of hydrogen-bond donors (Lipinski definition) is 1. The molecular weight excluding hydrogens is 571 g/mol. The van der Waals surface area contributed by atoms with E-state index in [9.17, 15) is 18.0 Å². The first-order chi connectivity index (χ1) is 18.0. The number of methoxy groups -OCH3 is 1. The van der Waals surface area contributed by atoms with Crippen molar-refractivity contribution in [3.8, 4) is 11.3 Å². The average Bonchev–Trinajstić information content (AvgIpc) is 2.87. The number of rotatable bonds is 7. The molecule has 0 aliphatic rings. The lowest BCUT2D eigenvalue weighted by atomic mass is 10.0. The first-order valence-corrected chi connectivity index (χ1v) is 14.2. The summed E-state index contributed by atoms with van der Waals surface area (Å²) in [4.78, 5) is 30.1. The summed E-state index contributed by atoms with van der Waals surface area (Å²) in [6.07, 6.45) is 1.17. The average molecular weight is 592 g/mol. The normalized spacial score (nSPS) is 12.2. The molecule has 0 saturated heterocycles. The van der Waals surface area contributed by atoms with Crippen LogP contribution in [0.5, 0.6) is 0 Å². The summed E-state index contributed by atoms with van der Waals surface area (Å²) in [6, 6.07) is 17.1. The van der Waals surface area contributed by atoms with Crippen LogP contribution in [0.4, 0.5) is 0 Å². The van der Waals surface area contributed by atoms with E-state index in [2.05, 4.69) is 10.3 Å². The lowest BCUT2D eigenvalue weighted by Crippen LogP contribution is -2.43. The Bertz CT molecular complexity index is 1650. The number of carbonyl (C=O) groups excluding carboxylic acids is 2. The number of esters is 1. The first-order valence-electron chi connectivity index (χ1n) is 11.2. The van der Waals surface area contributed by atoms with Crippen LogP contribution in [0.1, 0.15) is 15.9 Å². The number of aromatic nitrogens is 1. The van der Waals surface area contributed by atoms with Gasteiger partial charge in [0.15, 0.2) is 9.84 Å². The van der Waals surface area contributed by atoms with E-state index in [1.54, 1.807) is 36.4 Å². The van der Waals surface area contributed by atoms with Gasteiger partial charge in [0.05, 0.1) is 43.8 Å². The van der Waals surface area contributed by atoms with E-state index in [-0.39, 0.29) is 21.9 Å². The van der Waals surface area contributed by atoms with Gasteiger partial charge in [0.1, 0.15) is 6.04 Å². The second-order valence-corrected chi connectivity index (χ2v) is 11.7. The standard InChI is InChI=1S/C27H21Cl3N2O5S/c1-37-27(34)24(32-26(33)18-9-8-17(14-21(18)30)38(2,35)36)13-15-6-10-22-16(12-15)7-11-23(31-22)25-19(28)4-3-5-20(25)29/h3-12,14,24H,13H2,1-2H3,(H,32,33)/t24-/m0/s1. The summed E-state index contributed by atoms with van der Waals surface area (Å²) >= 11 is 18.8. The summed E-state index contributed by atoms with van der Waals surface area (Å²) in [7, 11) is -2.28. The zero-order valence-electron chi connectivity index (χ0n) is 20.2. The molecule has 7 nitrogen and oxygen atoms in total. The third-order valence-electron chi connectivity index (χ3n) is 5.82. The van der Waals surface area contributed by atoms with E-state index in [1.807, 2.05) is 12.1 Å². The highest BCUT2D eigenvalue weighted by atomic mass is 35.5. The fourth-order valence-electron chi connectivity index (χ4n) is 3.90. The minimum Gasteiger partial charge on any atom is -0.467 e. The molecule has 0 spiro atoms. The molecule has 11 heteroatoms. The molecule has 4 rings (SSSR count). The van der Waals surface area contributed by atoms with Crippen LogP contribution in [0.3, 0.4) is 0 Å². The summed E-state index contributed by atoms with van der Waals surface area (Å²) < 4.78 is 28.4. The largest absolute Gasteiger partial charge is 0.467 e. The summed E-state index contributed by atoms with van der Waals surface area (Å²) in [5, 5.41) is 4.36. The highest BCUT2D eigenvalue weighted by Crippen LogP contribution is 2.34. The number of hydrogen-bond acceptors (Lipinski definition) is 6. The Kier molecular flexibility index (Phi) is 8.28. The number of nitrogens with one attached hydrogen (secondary N) is 1. The fourth-order valence-corrected chi connectivity index (χ4v) is 5.47. The molecule has 0 saturated carbocycles. The van der Waals surface area contributed by atoms with Crippen molar-refractivity contribution in [3.05, 3.63) is 92.9 Å². The van der Waals surface area contributed by atoms with Crippen LogP contribution in [0.2, 0.25) is 15.1 Å². The Morgan fingerprint density at radius 2 is 1.66 bits per heavy atom. The number of benzene rings is 3. The van der Waals surface area contributed by atoms with E-state index in [0.29, 0.717) is 26.8 Å². The molecule has 4 aromatic rings. The third-order valence-corrected chi connectivity index (χ3v) is 7.87. The highest BCUT2D eigenvalue weighted by Gasteiger charge is 2.24. The van der Waals surface area contributed by atoms with Crippen molar-refractivity contribution in [2.24, 2.45) is 0 Å². The van der Waals surface area contributed by atoms with E-state index in [1.165, 1.54) is 25.3 Å². The van der Waals surface area contributed by atoms with Crippen molar-refractivity contribution in [1.82, 2.24) is 10.3 Å². The molecule has 38 heavy (non-hydrogen) atoms. The molecule has 1 heterocycles. The fraction of sp³-hybridized carbons (Fsp3) is 0.148. The molecule has 0 unspecified atom stereocenters. The lowest BCUT2D eigenvalue weighted by molar-refractivity contribution is -0.142. The van der Waals surface area contributed by atoms with Crippen LogP contribution >= 0.6 is 34.8 Å². The summed E-state index contributed by atoms with van der Waals surface area (Å²) in [6.45, 7) is 0. The second-order valence-electron chi connectivity index (χ2n) is 8.49.